The van der Waals surface area contributed by atoms with Gasteiger partial charge in [0.15, 0.2) is 5.13 Å². The topological polar surface area (TPSA) is 123 Å². The van der Waals surface area contributed by atoms with Gasteiger partial charge in [0.05, 0.1) is 22.8 Å². The number of nitrogens with zero attached hydrogens (tertiary/aromatic N) is 2. The van der Waals surface area contributed by atoms with Crippen molar-refractivity contribution in [3.63, 3.8) is 0 Å². The molecule has 1 atom stereocenters. The smallest absolute Gasteiger partial charge is 0.323 e. The highest BCUT2D eigenvalue weighted by Crippen LogP contribution is 2.23. The monoisotopic (exact) mass is 428 g/mol. The van der Waals surface area contributed by atoms with Crippen LogP contribution in [-0.4, -0.2) is 50.8 Å². The summed E-state index contributed by atoms with van der Waals surface area (Å²) in [5.74, 6) is -0.197. The number of aromatic nitrogens is 3. The molecule has 3 heterocycles. The zero-order valence-corrected chi connectivity index (χ0v) is 17.6. The van der Waals surface area contributed by atoms with E-state index in [1.807, 2.05) is 19.2 Å². The first kappa shape index (κ1) is 20.3. The van der Waals surface area contributed by atoms with Gasteiger partial charge < -0.3 is 20.6 Å². The number of amides is 2. The number of hydrogen-bond donors (Lipinski definition) is 4. The van der Waals surface area contributed by atoms with Gasteiger partial charge in [-0.3, -0.25) is 14.5 Å². The van der Waals surface area contributed by atoms with Crippen molar-refractivity contribution in [1.82, 2.24) is 19.9 Å². The summed E-state index contributed by atoms with van der Waals surface area (Å²) < 4.78 is 0. The van der Waals surface area contributed by atoms with Crippen LogP contribution in [0.4, 0.5) is 10.8 Å². The van der Waals surface area contributed by atoms with Gasteiger partial charge in [0.2, 0.25) is 11.8 Å². The fourth-order valence-electron chi connectivity index (χ4n) is 3.69. The minimum absolute atomic E-state index is 0.00472. The minimum atomic E-state index is -0.323. The summed E-state index contributed by atoms with van der Waals surface area (Å²) in [4.78, 5) is 48.3. The lowest BCUT2D eigenvalue weighted by atomic mass is 9.95. The predicted molar refractivity (Wildman–Crippen MR) is 117 cm³/mol. The standard InChI is InChI=1S/C20H24N6O3S/c1-11-10-30-20(21-11)25-18(28)13-5-7-26(8-6-13)12(2)17(27)22-14-3-4-15-16(9-14)24-19(29)23-15/h3-4,9-10,12-13H,5-8H2,1-2H3,(H,22,27)(H,21,25,28)(H2,23,24,29)/t12-/m0/s1. The minimum Gasteiger partial charge on any atom is -0.325 e. The van der Waals surface area contributed by atoms with Crippen molar-refractivity contribution < 1.29 is 9.59 Å². The summed E-state index contributed by atoms with van der Waals surface area (Å²) in [5, 5.41) is 8.34. The Bertz CT molecular complexity index is 1120. The molecule has 1 fully saturated rings. The van der Waals surface area contributed by atoms with Crippen LogP contribution < -0.4 is 16.3 Å². The van der Waals surface area contributed by atoms with Gasteiger partial charge in [0, 0.05) is 17.0 Å². The number of aryl methyl sites for hydroxylation is 1. The van der Waals surface area contributed by atoms with Crippen molar-refractivity contribution in [3.8, 4) is 0 Å². The Hall–Kier alpha value is -2.98. The molecule has 0 aliphatic carbocycles. The van der Waals surface area contributed by atoms with E-state index < -0.39 is 0 Å². The van der Waals surface area contributed by atoms with Crippen LogP contribution in [0.25, 0.3) is 11.0 Å². The summed E-state index contributed by atoms with van der Waals surface area (Å²) in [6.45, 7) is 5.11. The van der Waals surface area contributed by atoms with E-state index in [0.717, 1.165) is 5.69 Å². The van der Waals surface area contributed by atoms with Crippen LogP contribution in [0.1, 0.15) is 25.5 Å². The van der Waals surface area contributed by atoms with Crippen molar-refractivity contribution in [3.05, 3.63) is 39.8 Å². The van der Waals surface area contributed by atoms with Crippen LogP contribution >= 0.6 is 11.3 Å². The number of carbonyl (C=O) groups is 2. The molecule has 0 saturated carbocycles. The number of likely N-dealkylation sites (tertiary alicyclic amines) is 1. The predicted octanol–water partition coefficient (Wildman–Crippen LogP) is 2.30. The SMILES string of the molecule is Cc1csc(NC(=O)C2CCN([C@@H](C)C(=O)Nc3ccc4[nH]c(=O)[nH]c4c3)CC2)n1. The van der Waals surface area contributed by atoms with Gasteiger partial charge in [-0.2, -0.15) is 0 Å². The molecule has 1 aliphatic heterocycles. The zero-order chi connectivity index (χ0) is 21.3. The van der Waals surface area contributed by atoms with Crippen LogP contribution in [0.3, 0.4) is 0 Å². The average molecular weight is 429 g/mol. The maximum Gasteiger partial charge on any atom is 0.323 e. The second-order valence-electron chi connectivity index (χ2n) is 7.60. The van der Waals surface area contributed by atoms with Crippen molar-refractivity contribution in [2.45, 2.75) is 32.7 Å². The molecule has 0 unspecified atom stereocenters. The maximum absolute atomic E-state index is 12.7. The van der Waals surface area contributed by atoms with E-state index in [2.05, 4.69) is 30.5 Å². The molecule has 10 heteroatoms. The molecule has 158 valence electrons. The van der Waals surface area contributed by atoms with E-state index in [1.165, 1.54) is 11.3 Å². The first-order chi connectivity index (χ1) is 14.4. The Morgan fingerprint density at radius 3 is 2.63 bits per heavy atom. The number of thiazole rings is 1. The van der Waals surface area contributed by atoms with Crippen LogP contribution in [0, 0.1) is 12.8 Å². The van der Waals surface area contributed by atoms with Crippen molar-refractivity contribution in [1.29, 1.82) is 0 Å². The molecule has 1 saturated heterocycles. The number of carbonyl (C=O) groups excluding carboxylic acids is 2. The van der Waals surface area contributed by atoms with Crippen molar-refractivity contribution >= 4 is 45.0 Å². The molecule has 0 radical (unpaired) electrons. The van der Waals surface area contributed by atoms with Gasteiger partial charge in [0.25, 0.3) is 0 Å². The van der Waals surface area contributed by atoms with Crippen LogP contribution in [-0.2, 0) is 9.59 Å². The fourth-order valence-corrected chi connectivity index (χ4v) is 4.38. The summed E-state index contributed by atoms with van der Waals surface area (Å²) in [5.41, 5.74) is 2.58. The lowest BCUT2D eigenvalue weighted by Crippen LogP contribution is -2.47. The number of imidazole rings is 1. The zero-order valence-electron chi connectivity index (χ0n) is 16.8. The number of rotatable bonds is 5. The van der Waals surface area contributed by atoms with E-state index in [1.54, 1.807) is 18.2 Å². The number of fused-ring (bicyclic) bond motifs is 1. The lowest BCUT2D eigenvalue weighted by molar-refractivity contribution is -0.123. The third-order valence-electron chi connectivity index (χ3n) is 5.46. The van der Waals surface area contributed by atoms with E-state index in [4.69, 9.17) is 0 Å². The highest BCUT2D eigenvalue weighted by atomic mass is 32.1. The highest BCUT2D eigenvalue weighted by Gasteiger charge is 2.30. The van der Waals surface area contributed by atoms with Gasteiger partial charge in [-0.15, -0.1) is 11.3 Å². The second kappa shape index (κ2) is 8.41. The number of hydrogen-bond acceptors (Lipinski definition) is 6. The number of aromatic amines is 2. The number of benzene rings is 1. The van der Waals surface area contributed by atoms with Crippen molar-refractivity contribution in [2.75, 3.05) is 23.7 Å². The number of piperidine rings is 1. The summed E-state index contributed by atoms with van der Waals surface area (Å²) in [7, 11) is 0. The Labute approximate surface area is 176 Å². The molecule has 4 rings (SSSR count). The van der Waals surface area contributed by atoms with Gasteiger partial charge >= 0.3 is 5.69 Å². The molecule has 2 aromatic heterocycles. The largest absolute Gasteiger partial charge is 0.325 e. The van der Waals surface area contributed by atoms with Gasteiger partial charge in [-0.05, 0) is 58.0 Å². The Balaban J connectivity index is 1.30. The average Bonchev–Trinajstić information content (AvgIpc) is 3.31. The summed E-state index contributed by atoms with van der Waals surface area (Å²) >= 11 is 1.43. The normalized spacial score (nSPS) is 16.5. The van der Waals surface area contributed by atoms with E-state index >= 15 is 0 Å². The Kier molecular flexibility index (Phi) is 5.69. The van der Waals surface area contributed by atoms with E-state index in [0.29, 0.717) is 47.8 Å². The Morgan fingerprint density at radius 2 is 1.93 bits per heavy atom. The van der Waals surface area contributed by atoms with Crippen molar-refractivity contribution in [2.24, 2.45) is 5.92 Å². The molecular formula is C20H24N6O3S. The van der Waals surface area contributed by atoms with Gasteiger partial charge in [0.1, 0.15) is 0 Å². The third kappa shape index (κ3) is 4.44. The molecule has 0 spiro atoms. The number of H-pyrrole nitrogens is 2. The second-order valence-corrected chi connectivity index (χ2v) is 8.46. The van der Waals surface area contributed by atoms with Crippen LogP contribution in [0.5, 0.6) is 0 Å². The summed E-state index contributed by atoms with van der Waals surface area (Å²) in [6, 6.07) is 4.92. The number of anilines is 2. The molecule has 30 heavy (non-hydrogen) atoms. The number of nitrogens with one attached hydrogen (secondary N) is 4. The molecule has 3 aromatic rings. The molecule has 1 aliphatic rings. The molecule has 0 bridgehead atoms. The molecule has 2 amide bonds. The van der Waals surface area contributed by atoms with E-state index in [-0.39, 0.29) is 29.5 Å². The van der Waals surface area contributed by atoms with Crippen LogP contribution in [0.15, 0.2) is 28.4 Å². The molecule has 9 nitrogen and oxygen atoms in total. The first-order valence-corrected chi connectivity index (χ1v) is 10.8. The van der Waals surface area contributed by atoms with Gasteiger partial charge in [-0.1, -0.05) is 0 Å². The first-order valence-electron chi connectivity index (χ1n) is 9.89. The lowest BCUT2D eigenvalue weighted by Gasteiger charge is -2.34. The fraction of sp³-hybridized carbons (Fsp3) is 0.400. The molecular weight excluding hydrogens is 404 g/mol. The molecule has 4 N–H and O–H groups in total. The summed E-state index contributed by atoms with van der Waals surface area (Å²) in [6.07, 6.45) is 1.40. The quantitative estimate of drug-likeness (QED) is 0.497. The third-order valence-corrected chi connectivity index (χ3v) is 6.34. The van der Waals surface area contributed by atoms with Crippen LogP contribution in [0.2, 0.25) is 0 Å². The maximum atomic E-state index is 12.7. The molecule has 1 aromatic carbocycles. The van der Waals surface area contributed by atoms with Gasteiger partial charge in [-0.25, -0.2) is 9.78 Å². The van der Waals surface area contributed by atoms with E-state index in [9.17, 15) is 14.4 Å². The highest BCUT2D eigenvalue weighted by molar-refractivity contribution is 7.13. The Morgan fingerprint density at radius 1 is 1.20 bits per heavy atom.